The number of halogens is 3. The van der Waals surface area contributed by atoms with E-state index in [4.69, 9.17) is 23.7 Å². The summed E-state index contributed by atoms with van der Waals surface area (Å²) in [5.41, 5.74) is 0. The molecule has 10 nitrogen and oxygen atoms in total. The van der Waals surface area contributed by atoms with Crippen LogP contribution in [0.25, 0.3) is 0 Å². The van der Waals surface area contributed by atoms with Crippen LogP contribution in [0.1, 0.15) is 70.6 Å². The molecular formula is C31H51F3N2O8. The zero-order valence-electron chi connectivity index (χ0n) is 26.3. The number of esters is 2. The number of carbonyl (C=O) groups excluding carboxylic acids is 2. The minimum absolute atomic E-state index is 0.182. The minimum Gasteiger partial charge on any atom is -0.465 e. The first-order chi connectivity index (χ1) is 21.1. The van der Waals surface area contributed by atoms with Gasteiger partial charge in [-0.25, -0.2) is 0 Å². The number of nitrogens with zero attached hydrogens (tertiary/aromatic N) is 2. The fourth-order valence-electron chi connectivity index (χ4n) is 7.10. The van der Waals surface area contributed by atoms with E-state index in [0.717, 1.165) is 52.1 Å². The van der Waals surface area contributed by atoms with Gasteiger partial charge in [0.25, 0.3) is 0 Å². The monoisotopic (exact) mass is 636 g/mol. The molecule has 4 fully saturated rings. The molecule has 2 saturated heterocycles. The third-order valence-corrected chi connectivity index (χ3v) is 9.58. The number of cyclic esters (lactones) is 1. The van der Waals surface area contributed by atoms with Crippen molar-refractivity contribution in [1.82, 2.24) is 9.80 Å². The zero-order valence-corrected chi connectivity index (χ0v) is 26.3. The van der Waals surface area contributed by atoms with Gasteiger partial charge in [-0.15, -0.1) is 13.2 Å². The van der Waals surface area contributed by atoms with Crippen molar-refractivity contribution in [3.8, 4) is 0 Å². The molecule has 13 heteroatoms. The summed E-state index contributed by atoms with van der Waals surface area (Å²) in [7, 11) is 3.23. The topological polar surface area (TPSA) is 96.0 Å². The molecular weight excluding hydrogens is 585 g/mol. The molecule has 2 aliphatic carbocycles. The number of ether oxygens (including phenoxy) is 6. The summed E-state index contributed by atoms with van der Waals surface area (Å²) >= 11 is 0. The van der Waals surface area contributed by atoms with Crippen molar-refractivity contribution in [3.05, 3.63) is 0 Å². The van der Waals surface area contributed by atoms with Gasteiger partial charge in [0.15, 0.2) is 0 Å². The molecule has 2 aliphatic heterocycles. The van der Waals surface area contributed by atoms with Gasteiger partial charge >= 0.3 is 18.3 Å². The number of hydrogen-bond donors (Lipinski definition) is 0. The molecule has 2 saturated carbocycles. The van der Waals surface area contributed by atoms with Gasteiger partial charge in [-0.1, -0.05) is 0 Å². The van der Waals surface area contributed by atoms with Crippen LogP contribution in [0.15, 0.2) is 0 Å². The Morgan fingerprint density at radius 1 is 0.795 bits per heavy atom. The highest BCUT2D eigenvalue weighted by Crippen LogP contribution is 2.33. The van der Waals surface area contributed by atoms with Crippen LogP contribution in [0, 0.1) is 11.8 Å². The third-order valence-electron chi connectivity index (χ3n) is 9.58. The number of hydrogen-bond acceptors (Lipinski definition) is 10. The molecule has 4 aliphatic rings. The minimum atomic E-state index is -4.67. The maximum atomic E-state index is 13.1. The number of carbonyl (C=O) groups is 2. The Bertz CT molecular complexity index is 888. The van der Waals surface area contributed by atoms with E-state index in [0.29, 0.717) is 58.2 Å². The van der Waals surface area contributed by atoms with E-state index < -0.39 is 18.4 Å². The van der Waals surface area contributed by atoms with Crippen LogP contribution in [0.5, 0.6) is 0 Å². The Hall–Kier alpha value is -1.51. The second kappa shape index (κ2) is 17.4. The van der Waals surface area contributed by atoms with Crippen LogP contribution < -0.4 is 0 Å². The van der Waals surface area contributed by atoms with E-state index in [1.165, 1.54) is 0 Å². The lowest BCUT2D eigenvalue weighted by Gasteiger charge is -2.39. The predicted molar refractivity (Wildman–Crippen MR) is 154 cm³/mol. The quantitative estimate of drug-likeness (QED) is 0.413. The maximum Gasteiger partial charge on any atom is 0.522 e. The van der Waals surface area contributed by atoms with Crippen LogP contribution in [0.4, 0.5) is 13.2 Å². The Balaban J connectivity index is 1.38. The van der Waals surface area contributed by atoms with E-state index in [9.17, 15) is 22.8 Å². The largest absolute Gasteiger partial charge is 0.522 e. The summed E-state index contributed by atoms with van der Waals surface area (Å²) in [6, 6.07) is 0. The van der Waals surface area contributed by atoms with Crippen LogP contribution in [-0.2, 0) is 38.0 Å². The van der Waals surface area contributed by atoms with E-state index >= 15 is 0 Å². The van der Waals surface area contributed by atoms with E-state index in [-0.39, 0.29) is 55.1 Å². The Labute approximate surface area is 259 Å². The standard InChI is InChI=1S/C31H51F3N2O8/c1-39-26-20-23-21-27(28(26)40-2)41-18-3-6-24(43-30(38)22-7-9-25(10-8-22)44-31(32,33)34)11-15-36-13-4-12-35(16-17-36)14-5-19-42-29(23)37/h22-28H,3-21H2,1-2H3. The molecule has 0 amide bonds. The van der Waals surface area contributed by atoms with Crippen molar-refractivity contribution in [2.75, 3.05) is 66.7 Å². The molecule has 2 heterocycles. The average Bonchev–Trinajstić information content (AvgIpc) is 3.23. The van der Waals surface area contributed by atoms with Crippen LogP contribution in [0.2, 0.25) is 0 Å². The molecule has 0 aromatic heterocycles. The smallest absolute Gasteiger partial charge is 0.465 e. The van der Waals surface area contributed by atoms with Crippen molar-refractivity contribution in [1.29, 1.82) is 0 Å². The van der Waals surface area contributed by atoms with Gasteiger partial charge in [0.2, 0.25) is 0 Å². The van der Waals surface area contributed by atoms with Gasteiger partial charge in [-0.05, 0) is 83.7 Å². The predicted octanol–water partition coefficient (Wildman–Crippen LogP) is 3.94. The second-order valence-corrected chi connectivity index (χ2v) is 12.6. The summed E-state index contributed by atoms with van der Waals surface area (Å²) in [6.07, 6.45) is -1.13. The van der Waals surface area contributed by atoms with Crippen LogP contribution in [-0.4, -0.2) is 125 Å². The van der Waals surface area contributed by atoms with E-state index in [1.807, 2.05) is 0 Å². The summed E-state index contributed by atoms with van der Waals surface area (Å²) in [5, 5.41) is 0. The highest BCUT2D eigenvalue weighted by Gasteiger charge is 2.42. The Kier molecular flexibility index (Phi) is 14.0. The highest BCUT2D eigenvalue weighted by atomic mass is 19.4. The average molecular weight is 637 g/mol. The molecule has 7 atom stereocenters. The molecule has 0 radical (unpaired) electrons. The van der Waals surface area contributed by atoms with Gasteiger partial charge in [-0.3, -0.25) is 14.3 Å². The van der Waals surface area contributed by atoms with Crippen LogP contribution >= 0.6 is 0 Å². The van der Waals surface area contributed by atoms with Crippen molar-refractivity contribution in [3.63, 3.8) is 0 Å². The highest BCUT2D eigenvalue weighted by molar-refractivity contribution is 5.73. The van der Waals surface area contributed by atoms with Crippen molar-refractivity contribution in [2.24, 2.45) is 11.8 Å². The Morgan fingerprint density at radius 3 is 2.18 bits per heavy atom. The maximum absolute atomic E-state index is 13.1. The third kappa shape index (κ3) is 11.1. The van der Waals surface area contributed by atoms with E-state index in [1.54, 1.807) is 14.2 Å². The number of fused-ring (bicyclic) bond motifs is 5. The van der Waals surface area contributed by atoms with Crippen molar-refractivity contribution >= 4 is 11.9 Å². The lowest BCUT2D eigenvalue weighted by Crippen LogP contribution is -2.49. The summed E-state index contributed by atoms with van der Waals surface area (Å²) < 4.78 is 71.5. The molecule has 4 bridgehead atoms. The molecule has 7 unspecified atom stereocenters. The first-order valence-electron chi connectivity index (χ1n) is 16.4. The van der Waals surface area contributed by atoms with Crippen LogP contribution in [0.3, 0.4) is 0 Å². The molecule has 0 aromatic carbocycles. The molecule has 44 heavy (non-hydrogen) atoms. The molecule has 0 aromatic rings. The normalized spacial score (nSPS) is 37.1. The summed E-state index contributed by atoms with van der Waals surface area (Å²) in [5.74, 6) is -1.31. The van der Waals surface area contributed by atoms with Crippen molar-refractivity contribution in [2.45, 2.75) is 108 Å². The molecule has 254 valence electrons. The van der Waals surface area contributed by atoms with Gasteiger partial charge in [-0.2, -0.15) is 0 Å². The van der Waals surface area contributed by atoms with Gasteiger partial charge in [0.1, 0.15) is 12.2 Å². The summed E-state index contributed by atoms with van der Waals surface area (Å²) in [4.78, 5) is 31.0. The molecule has 0 N–H and O–H groups in total. The number of rotatable bonds is 5. The molecule has 0 spiro atoms. The fraction of sp³-hybridized carbons (Fsp3) is 0.935. The first-order valence-corrected chi connectivity index (χ1v) is 16.4. The lowest BCUT2D eigenvalue weighted by molar-refractivity contribution is -0.345. The lowest BCUT2D eigenvalue weighted by atomic mass is 9.83. The first kappa shape index (κ1) is 35.3. The summed E-state index contributed by atoms with van der Waals surface area (Å²) in [6.45, 7) is 6.22. The second-order valence-electron chi connectivity index (χ2n) is 12.6. The number of methoxy groups -OCH3 is 2. The number of alkyl halides is 3. The fourth-order valence-corrected chi connectivity index (χ4v) is 7.10. The van der Waals surface area contributed by atoms with Gasteiger partial charge in [0.05, 0.1) is 36.8 Å². The SMILES string of the molecule is COC1CC2CC(OCCCC(OC(=O)C3CCC(OC(F)(F)F)CC3)CCN3CCCN(CCCOC2=O)CC3)C1OC. The van der Waals surface area contributed by atoms with Gasteiger partial charge < -0.3 is 33.5 Å². The Morgan fingerprint density at radius 2 is 1.50 bits per heavy atom. The van der Waals surface area contributed by atoms with E-state index in [2.05, 4.69) is 14.5 Å². The van der Waals surface area contributed by atoms with Gasteiger partial charge in [0, 0.05) is 47.0 Å². The molecule has 4 rings (SSSR count). The van der Waals surface area contributed by atoms with Crippen molar-refractivity contribution < 1.29 is 51.2 Å². The zero-order chi connectivity index (χ0) is 31.5.